The Balaban J connectivity index is 1.43. The van der Waals surface area contributed by atoms with Gasteiger partial charge in [0.2, 0.25) is 0 Å². The summed E-state index contributed by atoms with van der Waals surface area (Å²) < 4.78 is 18.0. The van der Waals surface area contributed by atoms with E-state index in [2.05, 4.69) is 60.7 Å². The van der Waals surface area contributed by atoms with Gasteiger partial charge in [0.15, 0.2) is 0 Å². The molecule has 0 bridgehead atoms. The van der Waals surface area contributed by atoms with Crippen LogP contribution < -0.4 is 5.32 Å². The maximum Gasteiger partial charge on any atom is 0.414 e. The second-order valence-electron chi connectivity index (χ2n) is 16.6. The number of amides is 1. The van der Waals surface area contributed by atoms with Gasteiger partial charge in [-0.3, -0.25) is 10.1 Å². The lowest BCUT2D eigenvalue weighted by Crippen LogP contribution is -2.69. The third-order valence-corrected chi connectivity index (χ3v) is 13.6. The summed E-state index contributed by atoms with van der Waals surface area (Å²) in [5.74, 6) is 0.689. The Hall–Kier alpha value is -1.25. The van der Waals surface area contributed by atoms with Gasteiger partial charge >= 0.3 is 6.09 Å². The van der Waals surface area contributed by atoms with Crippen molar-refractivity contribution in [2.75, 3.05) is 6.61 Å². The van der Waals surface area contributed by atoms with Crippen LogP contribution in [0.4, 0.5) is 4.79 Å². The Morgan fingerprint density at radius 2 is 1.71 bits per heavy atom. The maximum atomic E-state index is 14.5. The third kappa shape index (κ3) is 4.76. The molecule has 5 fully saturated rings. The lowest BCUT2D eigenvalue weighted by atomic mass is 9.34. The quantitative estimate of drug-likeness (QED) is 0.335. The molecule has 0 aromatic carbocycles. The van der Waals surface area contributed by atoms with E-state index in [4.69, 9.17) is 26.4 Å². The molecule has 238 valence electrons. The highest BCUT2D eigenvalue weighted by atomic mass is 32.1. The highest BCUT2D eigenvalue weighted by Gasteiger charge is 2.73. The Morgan fingerprint density at radius 3 is 2.36 bits per heavy atom. The van der Waals surface area contributed by atoms with Crippen molar-refractivity contribution in [3.05, 3.63) is 0 Å². The number of carbonyl (C=O) groups is 2. The molecule has 4 aliphatic carbocycles. The van der Waals surface area contributed by atoms with Gasteiger partial charge in [-0.2, -0.15) is 0 Å². The molecule has 4 saturated carbocycles. The average Bonchev–Trinajstić information content (AvgIpc) is 3.22. The molecule has 5 aliphatic rings. The van der Waals surface area contributed by atoms with Crippen LogP contribution in [-0.2, 0) is 19.0 Å². The van der Waals surface area contributed by atoms with E-state index in [-0.39, 0.29) is 69.0 Å². The zero-order valence-electron chi connectivity index (χ0n) is 27.4. The number of hydrogen-bond donors (Lipinski definition) is 2. The lowest BCUT2D eigenvalue weighted by Gasteiger charge is -2.70. The molecule has 1 heterocycles. The number of Topliss-reactive ketones (excluding diaryl/α,β-unsaturated/α-hetero) is 1. The first-order valence-corrected chi connectivity index (χ1v) is 16.8. The van der Waals surface area contributed by atoms with Gasteiger partial charge in [-0.25, -0.2) is 4.79 Å². The number of ether oxygens (including phenoxy) is 3. The van der Waals surface area contributed by atoms with Crippen LogP contribution >= 0.6 is 12.2 Å². The number of ketones is 1. The van der Waals surface area contributed by atoms with Crippen molar-refractivity contribution in [3.63, 3.8) is 0 Å². The molecule has 1 aliphatic heterocycles. The topological polar surface area (TPSA) is 94.1 Å². The minimum absolute atomic E-state index is 0.00901. The van der Waals surface area contributed by atoms with Crippen LogP contribution in [0.15, 0.2) is 0 Å². The van der Waals surface area contributed by atoms with Crippen molar-refractivity contribution >= 4 is 29.3 Å². The van der Waals surface area contributed by atoms with E-state index in [9.17, 15) is 14.7 Å². The monoisotopic (exact) mass is 605 g/mol. The number of nitrogens with one attached hydrogen (secondary N) is 1. The van der Waals surface area contributed by atoms with E-state index in [0.717, 1.165) is 51.4 Å². The molecule has 0 aromatic heterocycles. The van der Waals surface area contributed by atoms with Crippen molar-refractivity contribution in [2.24, 2.45) is 45.3 Å². The number of hydrogen-bond acceptors (Lipinski definition) is 7. The fraction of sp³-hybridized carbons (Fsp3) is 0.912. The third-order valence-electron chi connectivity index (χ3n) is 13.4. The molecule has 1 amide bonds. The summed E-state index contributed by atoms with van der Waals surface area (Å²) in [6.45, 7) is 20.0. The van der Waals surface area contributed by atoms with Crippen molar-refractivity contribution < 1.29 is 28.9 Å². The molecule has 8 heteroatoms. The number of carbonyl (C=O) groups excluding carboxylic acids is 2. The van der Waals surface area contributed by atoms with Gasteiger partial charge < -0.3 is 19.3 Å². The Kier molecular flexibility index (Phi) is 7.96. The molecule has 7 nitrogen and oxygen atoms in total. The number of aliphatic hydroxyl groups excluding tert-OH is 1. The second-order valence-corrected chi connectivity index (χ2v) is 16.9. The SMILES string of the molecule is CCOC(=O)NC(=S)O[C@H]1CC[C@]2(C)[C@H]3C[C@@H](O)[C@@H]4[C@@H]([C@@]5(C)CCCC(C)(C)O5)CC[C@@]4(C)[C@]3(C)CC(=O)[C@H]2C1(C)C. The first-order valence-electron chi connectivity index (χ1n) is 16.4. The predicted octanol–water partition coefficient (Wildman–Crippen LogP) is 6.98. The summed E-state index contributed by atoms with van der Waals surface area (Å²) in [7, 11) is 0. The summed E-state index contributed by atoms with van der Waals surface area (Å²) in [6.07, 6.45) is 6.72. The van der Waals surface area contributed by atoms with Crippen molar-refractivity contribution in [1.29, 1.82) is 0 Å². The number of thiocarbonyl (C=S) groups is 1. The maximum absolute atomic E-state index is 14.5. The molecular formula is C34H55NO6S. The Bertz CT molecular complexity index is 1120. The van der Waals surface area contributed by atoms with E-state index in [0.29, 0.717) is 12.2 Å². The van der Waals surface area contributed by atoms with Gasteiger partial charge in [-0.1, -0.05) is 34.6 Å². The van der Waals surface area contributed by atoms with E-state index in [1.54, 1.807) is 6.92 Å². The van der Waals surface area contributed by atoms with Crippen molar-refractivity contribution in [3.8, 4) is 0 Å². The standard InChI is InChI=1S/C34H55NO6S/c1-10-39-27(38)35-28(42)40-24-13-16-31(6)23-18-21(36)25-20(34(9)15-11-14-29(2,3)41-34)12-17-32(25,7)33(23,8)19-22(37)26(31)30(24,4)5/h20-21,23-26,36H,10-19H2,1-9H3,(H,35,38,42)/t20-,21+,23+,24-,25-,26-,31+,32+,33+,34+/m0/s1. The van der Waals surface area contributed by atoms with E-state index in [1.807, 2.05) is 0 Å². The number of fused-ring (bicyclic) bond motifs is 5. The van der Waals surface area contributed by atoms with Gasteiger partial charge in [0.05, 0.1) is 23.9 Å². The van der Waals surface area contributed by atoms with Crippen molar-refractivity contribution in [2.45, 2.75) is 144 Å². The molecule has 0 unspecified atom stereocenters. The highest BCUT2D eigenvalue weighted by Crippen LogP contribution is 2.75. The summed E-state index contributed by atoms with van der Waals surface area (Å²) in [5.41, 5.74) is -1.54. The summed E-state index contributed by atoms with van der Waals surface area (Å²) in [6, 6.07) is 0. The summed E-state index contributed by atoms with van der Waals surface area (Å²) >= 11 is 5.35. The molecule has 0 spiro atoms. The Morgan fingerprint density at radius 1 is 1.02 bits per heavy atom. The minimum Gasteiger partial charge on any atom is -0.467 e. The highest BCUT2D eigenvalue weighted by molar-refractivity contribution is 7.80. The minimum atomic E-state index is -0.629. The summed E-state index contributed by atoms with van der Waals surface area (Å²) in [5, 5.41) is 14.6. The van der Waals surface area contributed by atoms with Crippen LogP contribution in [0.2, 0.25) is 0 Å². The van der Waals surface area contributed by atoms with Crippen LogP contribution in [0.25, 0.3) is 0 Å². The lowest BCUT2D eigenvalue weighted by molar-refractivity contribution is -0.249. The van der Waals surface area contributed by atoms with Crippen LogP contribution in [0.1, 0.15) is 120 Å². The van der Waals surface area contributed by atoms with Crippen molar-refractivity contribution in [1.82, 2.24) is 5.32 Å². The fourth-order valence-electron chi connectivity index (χ4n) is 11.8. The van der Waals surface area contributed by atoms with Crippen LogP contribution in [0, 0.1) is 45.3 Å². The normalized spacial score (nSPS) is 47.4. The zero-order chi connectivity index (χ0) is 31.1. The molecule has 0 aromatic rings. The molecule has 0 radical (unpaired) electrons. The van der Waals surface area contributed by atoms with Crippen LogP contribution in [0.5, 0.6) is 0 Å². The molecule has 1 saturated heterocycles. The van der Waals surface area contributed by atoms with E-state index >= 15 is 0 Å². The van der Waals surface area contributed by atoms with Gasteiger partial charge in [-0.05, 0) is 125 Å². The van der Waals surface area contributed by atoms with E-state index < -0.39 is 17.6 Å². The number of alkyl carbamates (subject to hydrolysis) is 1. The molecule has 5 rings (SSSR count). The van der Waals surface area contributed by atoms with Crippen LogP contribution in [-0.4, -0.2) is 52.2 Å². The van der Waals surface area contributed by atoms with E-state index in [1.165, 1.54) is 0 Å². The Labute approximate surface area is 258 Å². The number of rotatable bonds is 3. The van der Waals surface area contributed by atoms with Gasteiger partial charge in [0.1, 0.15) is 11.9 Å². The summed E-state index contributed by atoms with van der Waals surface area (Å²) in [4.78, 5) is 26.4. The number of aliphatic hydroxyl groups is 1. The largest absolute Gasteiger partial charge is 0.467 e. The zero-order valence-corrected chi connectivity index (χ0v) is 28.2. The first kappa shape index (κ1) is 32.2. The molecule has 2 N–H and O–H groups in total. The fourth-order valence-corrected chi connectivity index (χ4v) is 12.0. The smallest absolute Gasteiger partial charge is 0.414 e. The second kappa shape index (κ2) is 10.4. The first-order chi connectivity index (χ1) is 19.3. The molecule has 10 atom stereocenters. The average molecular weight is 606 g/mol. The van der Waals surface area contributed by atoms with Crippen LogP contribution in [0.3, 0.4) is 0 Å². The van der Waals surface area contributed by atoms with Gasteiger partial charge in [0, 0.05) is 17.8 Å². The van der Waals surface area contributed by atoms with Gasteiger partial charge in [-0.15, -0.1) is 0 Å². The predicted molar refractivity (Wildman–Crippen MR) is 166 cm³/mol. The van der Waals surface area contributed by atoms with Gasteiger partial charge in [0.25, 0.3) is 5.17 Å². The molecule has 42 heavy (non-hydrogen) atoms. The molecular weight excluding hydrogens is 550 g/mol.